The Kier molecular flexibility index (Phi) is 4.05. The Hall–Kier alpha value is -2.25. The van der Waals surface area contributed by atoms with E-state index in [1.54, 1.807) is 11.8 Å². The fraction of sp³-hybridized carbons (Fsp3) is 0.500. The van der Waals surface area contributed by atoms with E-state index in [4.69, 9.17) is 19.9 Å². The van der Waals surface area contributed by atoms with E-state index in [-0.39, 0.29) is 5.79 Å². The van der Waals surface area contributed by atoms with Gasteiger partial charge in [0.05, 0.1) is 32.2 Å². The van der Waals surface area contributed by atoms with Crippen molar-refractivity contribution in [3.8, 4) is 16.9 Å². The highest BCUT2D eigenvalue weighted by Gasteiger charge is 2.40. The maximum atomic E-state index is 6.16. The summed E-state index contributed by atoms with van der Waals surface area (Å²) in [6, 6.07) is 3.99. The van der Waals surface area contributed by atoms with Gasteiger partial charge in [-0.2, -0.15) is 5.10 Å². The number of nitrogens with zero attached hydrogens (tertiary/aromatic N) is 3. The molecular formula is C18H24N4O3. The Morgan fingerprint density at radius 2 is 1.92 bits per heavy atom. The van der Waals surface area contributed by atoms with Crippen molar-refractivity contribution in [1.82, 2.24) is 9.78 Å². The van der Waals surface area contributed by atoms with Crippen LogP contribution in [0.3, 0.4) is 0 Å². The molecule has 1 spiro atoms. The van der Waals surface area contributed by atoms with Gasteiger partial charge in [-0.15, -0.1) is 0 Å². The van der Waals surface area contributed by atoms with Crippen LogP contribution < -0.4 is 15.4 Å². The van der Waals surface area contributed by atoms with Crippen LogP contribution in [0.15, 0.2) is 24.5 Å². The molecule has 0 unspecified atom stereocenters. The predicted molar refractivity (Wildman–Crippen MR) is 95.7 cm³/mol. The molecule has 7 heteroatoms. The number of ether oxygens (including phenoxy) is 3. The van der Waals surface area contributed by atoms with Crippen LogP contribution in [0.5, 0.6) is 5.75 Å². The van der Waals surface area contributed by atoms with Crippen LogP contribution in [0.4, 0.5) is 11.4 Å². The molecule has 0 amide bonds. The van der Waals surface area contributed by atoms with Crippen LogP contribution >= 0.6 is 0 Å². The lowest BCUT2D eigenvalue weighted by atomic mass is 9.99. The number of hydrogen-bond acceptors (Lipinski definition) is 6. The Labute approximate surface area is 147 Å². The summed E-state index contributed by atoms with van der Waals surface area (Å²) in [5.74, 6) is 0.305. The quantitative estimate of drug-likeness (QED) is 0.859. The summed E-state index contributed by atoms with van der Waals surface area (Å²) < 4.78 is 18.9. The third-order valence-corrected chi connectivity index (χ3v) is 5.04. The fourth-order valence-electron chi connectivity index (χ4n) is 3.69. The van der Waals surface area contributed by atoms with Crippen LogP contribution in [0.2, 0.25) is 0 Å². The maximum absolute atomic E-state index is 6.16. The first kappa shape index (κ1) is 16.2. The van der Waals surface area contributed by atoms with Crippen molar-refractivity contribution in [2.24, 2.45) is 7.05 Å². The number of piperidine rings is 1. The van der Waals surface area contributed by atoms with Gasteiger partial charge in [0.1, 0.15) is 5.75 Å². The summed E-state index contributed by atoms with van der Waals surface area (Å²) in [5.41, 5.74) is 10.00. The van der Waals surface area contributed by atoms with Crippen LogP contribution in [0.25, 0.3) is 11.1 Å². The van der Waals surface area contributed by atoms with Gasteiger partial charge in [0.25, 0.3) is 0 Å². The summed E-state index contributed by atoms with van der Waals surface area (Å²) in [6.45, 7) is 3.11. The fourth-order valence-corrected chi connectivity index (χ4v) is 3.69. The lowest BCUT2D eigenvalue weighted by molar-refractivity contribution is -0.169. The molecule has 134 valence electrons. The van der Waals surface area contributed by atoms with Crippen LogP contribution in [-0.4, -0.2) is 49.0 Å². The number of hydrogen-bond donors (Lipinski definition) is 1. The molecule has 2 saturated heterocycles. The molecule has 2 aliphatic rings. The number of aryl methyl sites for hydroxylation is 1. The van der Waals surface area contributed by atoms with Gasteiger partial charge in [-0.05, 0) is 6.07 Å². The number of aromatic nitrogens is 2. The van der Waals surface area contributed by atoms with Crippen molar-refractivity contribution in [1.29, 1.82) is 0 Å². The Bertz CT molecular complexity index is 758. The smallest absolute Gasteiger partial charge is 0.171 e. The first-order chi connectivity index (χ1) is 12.1. The largest absolute Gasteiger partial charge is 0.495 e. The third kappa shape index (κ3) is 2.94. The van der Waals surface area contributed by atoms with E-state index in [2.05, 4.69) is 10.00 Å². The molecule has 3 heterocycles. The van der Waals surface area contributed by atoms with Gasteiger partial charge in [-0.3, -0.25) is 4.68 Å². The molecule has 0 atom stereocenters. The van der Waals surface area contributed by atoms with Crippen molar-refractivity contribution in [3.63, 3.8) is 0 Å². The van der Waals surface area contributed by atoms with Crippen molar-refractivity contribution in [2.45, 2.75) is 18.6 Å². The molecule has 2 aromatic rings. The molecule has 0 saturated carbocycles. The highest BCUT2D eigenvalue weighted by molar-refractivity contribution is 5.83. The third-order valence-electron chi connectivity index (χ3n) is 5.04. The molecule has 2 N–H and O–H groups in total. The number of anilines is 2. The van der Waals surface area contributed by atoms with Gasteiger partial charge in [0, 0.05) is 62.1 Å². The molecule has 1 aromatic carbocycles. The Morgan fingerprint density at radius 3 is 2.52 bits per heavy atom. The zero-order valence-electron chi connectivity index (χ0n) is 14.7. The molecule has 7 nitrogen and oxygen atoms in total. The lowest BCUT2D eigenvalue weighted by Crippen LogP contribution is -2.45. The Morgan fingerprint density at radius 1 is 1.20 bits per heavy atom. The average molecular weight is 344 g/mol. The lowest BCUT2D eigenvalue weighted by Gasteiger charge is -2.39. The SMILES string of the molecule is COc1cc(N2CCC3(CC2)OCCO3)c(-c2cnn(C)c2)cc1N. The second kappa shape index (κ2) is 6.24. The molecule has 25 heavy (non-hydrogen) atoms. The second-order valence-electron chi connectivity index (χ2n) is 6.61. The molecule has 1 aromatic heterocycles. The van der Waals surface area contributed by atoms with E-state index in [1.165, 1.54) is 0 Å². The molecule has 0 aliphatic carbocycles. The monoisotopic (exact) mass is 344 g/mol. The van der Waals surface area contributed by atoms with Crippen molar-refractivity contribution < 1.29 is 14.2 Å². The van der Waals surface area contributed by atoms with Gasteiger partial charge < -0.3 is 24.8 Å². The maximum Gasteiger partial charge on any atom is 0.171 e. The van der Waals surface area contributed by atoms with Crippen molar-refractivity contribution in [2.75, 3.05) is 44.0 Å². The second-order valence-corrected chi connectivity index (χ2v) is 6.61. The first-order valence-corrected chi connectivity index (χ1v) is 8.60. The summed E-state index contributed by atoms with van der Waals surface area (Å²) in [6.07, 6.45) is 5.57. The Balaban J connectivity index is 1.68. The first-order valence-electron chi connectivity index (χ1n) is 8.60. The standard InChI is InChI=1S/C18H24N4O3/c1-21-12-13(11-20-21)14-9-15(19)17(23-2)10-16(14)22-5-3-18(4-6-22)24-7-8-25-18/h9-12H,3-8,19H2,1-2H3. The molecule has 2 aliphatic heterocycles. The van der Waals surface area contributed by atoms with E-state index in [0.29, 0.717) is 24.7 Å². The van der Waals surface area contributed by atoms with E-state index in [1.807, 2.05) is 31.6 Å². The van der Waals surface area contributed by atoms with E-state index in [9.17, 15) is 0 Å². The molecule has 4 rings (SSSR count). The highest BCUT2D eigenvalue weighted by Crippen LogP contribution is 2.41. The van der Waals surface area contributed by atoms with Gasteiger partial charge in [-0.1, -0.05) is 0 Å². The minimum atomic E-state index is -0.386. The molecule has 0 radical (unpaired) electrons. The topological polar surface area (TPSA) is 74.8 Å². The zero-order chi connectivity index (χ0) is 17.4. The van der Waals surface area contributed by atoms with Gasteiger partial charge in [0.2, 0.25) is 0 Å². The number of benzene rings is 1. The van der Waals surface area contributed by atoms with Crippen LogP contribution in [0.1, 0.15) is 12.8 Å². The molecule has 0 bridgehead atoms. The van der Waals surface area contributed by atoms with Crippen LogP contribution in [-0.2, 0) is 16.5 Å². The van der Waals surface area contributed by atoms with Crippen molar-refractivity contribution >= 4 is 11.4 Å². The summed E-state index contributed by atoms with van der Waals surface area (Å²) in [4.78, 5) is 2.35. The predicted octanol–water partition coefficient (Wildman–Crippen LogP) is 2.02. The molecular weight excluding hydrogens is 320 g/mol. The van der Waals surface area contributed by atoms with Crippen LogP contribution in [0, 0.1) is 0 Å². The molecule has 2 fully saturated rings. The number of nitrogens with two attached hydrogens (primary N) is 1. The van der Waals surface area contributed by atoms with E-state index >= 15 is 0 Å². The van der Waals surface area contributed by atoms with Crippen molar-refractivity contribution in [3.05, 3.63) is 24.5 Å². The summed E-state index contributed by atoms with van der Waals surface area (Å²) in [5, 5.41) is 4.30. The normalized spacial score (nSPS) is 19.5. The zero-order valence-corrected chi connectivity index (χ0v) is 14.7. The summed E-state index contributed by atoms with van der Waals surface area (Å²) >= 11 is 0. The highest BCUT2D eigenvalue weighted by atomic mass is 16.7. The average Bonchev–Trinajstić information content (AvgIpc) is 3.25. The van der Waals surface area contributed by atoms with E-state index in [0.717, 1.165) is 42.7 Å². The minimum absolute atomic E-state index is 0.386. The van der Waals surface area contributed by atoms with Gasteiger partial charge >= 0.3 is 0 Å². The number of rotatable bonds is 3. The van der Waals surface area contributed by atoms with Gasteiger partial charge in [0.15, 0.2) is 5.79 Å². The van der Waals surface area contributed by atoms with E-state index < -0.39 is 0 Å². The summed E-state index contributed by atoms with van der Waals surface area (Å²) in [7, 11) is 3.56. The number of nitrogen functional groups attached to an aromatic ring is 1. The van der Waals surface area contributed by atoms with Gasteiger partial charge in [-0.25, -0.2) is 0 Å². The number of methoxy groups -OCH3 is 1. The minimum Gasteiger partial charge on any atom is -0.495 e.